The van der Waals surface area contributed by atoms with Crippen LogP contribution >= 0.6 is 11.6 Å². The molecule has 3 aromatic rings. The average molecular weight is 740 g/mol. The van der Waals surface area contributed by atoms with Gasteiger partial charge in [-0.25, -0.2) is 9.19 Å². The molecule has 1 fully saturated rings. The largest absolute Gasteiger partial charge is 0.491 e. The number of aliphatic hydroxyl groups excluding tert-OH is 1. The van der Waals surface area contributed by atoms with E-state index in [-0.39, 0.29) is 23.0 Å². The number of aromatic nitrogens is 1. The van der Waals surface area contributed by atoms with Gasteiger partial charge in [-0.2, -0.15) is 0 Å². The Morgan fingerprint density at radius 2 is 1.92 bits per heavy atom. The van der Waals surface area contributed by atoms with Crippen LogP contribution in [-0.4, -0.2) is 59.4 Å². The van der Waals surface area contributed by atoms with Crippen LogP contribution in [0.15, 0.2) is 66.9 Å². The van der Waals surface area contributed by atoms with Gasteiger partial charge in [0.15, 0.2) is 0 Å². The number of hydrogen-bond acceptors (Lipinski definition) is 7. The molecule has 51 heavy (non-hydrogen) atoms. The van der Waals surface area contributed by atoms with Gasteiger partial charge < -0.3 is 19.5 Å². The van der Waals surface area contributed by atoms with Crippen molar-refractivity contribution >= 4 is 34.2 Å². The first-order valence-corrected chi connectivity index (χ1v) is 19.9. The number of benzene rings is 2. The maximum atomic E-state index is 13.2. The molecule has 5 atom stereocenters. The third-order valence-corrected chi connectivity index (χ3v) is 10.9. The van der Waals surface area contributed by atoms with E-state index in [0.717, 1.165) is 74.3 Å². The van der Waals surface area contributed by atoms with Gasteiger partial charge in [-0.15, -0.1) is 0 Å². The van der Waals surface area contributed by atoms with E-state index in [0.29, 0.717) is 29.9 Å². The molecule has 0 spiro atoms. The van der Waals surface area contributed by atoms with E-state index in [2.05, 4.69) is 58.8 Å². The quantitative estimate of drug-likeness (QED) is 0.169. The normalized spacial score (nSPS) is 19.2. The van der Waals surface area contributed by atoms with Gasteiger partial charge in [-0.3, -0.25) is 9.52 Å². The van der Waals surface area contributed by atoms with E-state index in [9.17, 15) is 9.00 Å². The Kier molecular flexibility index (Phi) is 17.5. The summed E-state index contributed by atoms with van der Waals surface area (Å²) < 4.78 is 27.4. The van der Waals surface area contributed by atoms with Crippen LogP contribution in [0.25, 0.3) is 0 Å². The minimum atomic E-state index is -1.47. The Balaban J connectivity index is 0.00000169. The highest BCUT2D eigenvalue weighted by Gasteiger charge is 2.40. The molecule has 1 aliphatic carbocycles. The number of anilines is 1. The van der Waals surface area contributed by atoms with Gasteiger partial charge in [0.2, 0.25) is 5.88 Å². The molecule has 10 heteroatoms. The van der Waals surface area contributed by atoms with Crippen molar-refractivity contribution in [3.63, 3.8) is 0 Å². The summed E-state index contributed by atoms with van der Waals surface area (Å²) >= 11 is 6.46. The molecule has 0 saturated heterocycles. The summed E-state index contributed by atoms with van der Waals surface area (Å²) in [6.07, 6.45) is 11.5. The van der Waals surface area contributed by atoms with Gasteiger partial charge in [0, 0.05) is 59.6 Å². The average Bonchev–Trinajstić information content (AvgIpc) is 3.32. The molecule has 0 radical (unpaired) electrons. The molecule has 5 rings (SSSR count). The fraction of sp³-hybridized carbons (Fsp3) is 0.512. The summed E-state index contributed by atoms with van der Waals surface area (Å²) in [5.41, 5.74) is 5.00. The van der Waals surface area contributed by atoms with Crippen molar-refractivity contribution in [1.82, 2.24) is 9.71 Å². The molecule has 2 heterocycles. The maximum Gasteiger partial charge on any atom is 0.263 e. The first-order chi connectivity index (χ1) is 24.7. The minimum Gasteiger partial charge on any atom is -0.491 e. The fourth-order valence-corrected chi connectivity index (χ4v) is 7.62. The number of carbonyl (C=O) groups excluding carboxylic acids is 1. The molecule has 1 aromatic heterocycles. The Hall–Kier alpha value is -3.40. The molecule has 2 N–H and O–H groups in total. The number of fused-ring (bicyclic) bond motifs is 1. The number of allylic oxidation sites excluding steroid dienone is 2. The van der Waals surface area contributed by atoms with Crippen molar-refractivity contribution in [2.75, 3.05) is 38.8 Å². The molecule has 8 nitrogen and oxygen atoms in total. The number of carbonyl (C=O) groups is 1. The summed E-state index contributed by atoms with van der Waals surface area (Å²) in [5, 5.41) is 7.57. The number of nitrogens with zero attached hydrogens (tertiary/aromatic N) is 2. The number of amides is 1. The van der Waals surface area contributed by atoms with E-state index < -0.39 is 11.0 Å². The number of nitrogens with one attached hydrogen (secondary N) is 1. The summed E-state index contributed by atoms with van der Waals surface area (Å²) in [4.78, 5) is 20.2. The summed E-state index contributed by atoms with van der Waals surface area (Å²) in [6.45, 7) is 14.1. The lowest BCUT2D eigenvalue weighted by Crippen LogP contribution is -2.42. The zero-order valence-electron chi connectivity index (χ0n) is 31.7. The fourth-order valence-electron chi connectivity index (χ4n) is 6.89. The van der Waals surface area contributed by atoms with Crippen LogP contribution in [0.1, 0.15) is 106 Å². The second-order valence-corrected chi connectivity index (χ2v) is 15.1. The van der Waals surface area contributed by atoms with E-state index in [1.807, 2.05) is 52.0 Å². The summed E-state index contributed by atoms with van der Waals surface area (Å²) in [6, 6.07) is 15.9. The van der Waals surface area contributed by atoms with Crippen molar-refractivity contribution in [3.8, 4) is 11.6 Å². The predicted octanol–water partition coefficient (Wildman–Crippen LogP) is 8.89. The van der Waals surface area contributed by atoms with Crippen molar-refractivity contribution in [2.24, 2.45) is 11.8 Å². The predicted molar refractivity (Wildman–Crippen MR) is 212 cm³/mol. The monoisotopic (exact) mass is 739 g/mol. The SMILES string of the molecule is CC.CC/C=C/C(c1cccnc1OC)C1CCC1CN1CC(c2ccc(Cl)cc2CCC)COc2ccc(C(=O)NS(=O)C(C)C)cc21.CO. The zero-order valence-corrected chi connectivity index (χ0v) is 33.2. The number of hydrogen-bond donors (Lipinski definition) is 2. The Bertz CT molecular complexity index is 1600. The van der Waals surface area contributed by atoms with Gasteiger partial charge in [-0.1, -0.05) is 70.0 Å². The molecule has 1 amide bonds. The standard InChI is InChI=1S/C38H48ClN3O4S.C2H6.CH4O/c1-6-8-11-33(34-12-9-19-40-38(34)45-5)32-16-13-28(32)22-42-23-29(31-17-15-30(39)20-26(31)10-7-2)24-46-36-18-14-27(21-35(36)42)37(43)41-47(44)25(3)4;2*1-2/h8-9,11-12,14-15,17-21,25,28-29,32-33H,6-7,10,13,16,22-24H2,1-5H3,(H,41,43);1-2H3;2H,1H3/b11-8+;;. The van der Waals surface area contributed by atoms with Crippen LogP contribution in [0.4, 0.5) is 5.69 Å². The highest BCUT2D eigenvalue weighted by Crippen LogP contribution is 2.48. The molecule has 1 aliphatic heterocycles. The molecule has 0 bridgehead atoms. The van der Waals surface area contributed by atoms with Gasteiger partial charge in [0.1, 0.15) is 16.7 Å². The first kappa shape index (κ1) is 42.0. The Morgan fingerprint density at radius 1 is 1.16 bits per heavy atom. The second-order valence-electron chi connectivity index (χ2n) is 12.9. The number of aryl methyl sites for hydroxylation is 1. The minimum absolute atomic E-state index is 0.111. The number of pyridine rings is 1. The van der Waals surface area contributed by atoms with Gasteiger partial charge in [-0.05, 0) is 98.9 Å². The van der Waals surface area contributed by atoms with Crippen molar-refractivity contribution in [3.05, 3.63) is 94.2 Å². The molecular weight excluding hydrogens is 682 g/mol. The second kappa shape index (κ2) is 21.2. The van der Waals surface area contributed by atoms with E-state index in [1.165, 1.54) is 11.1 Å². The smallest absolute Gasteiger partial charge is 0.263 e. The van der Waals surface area contributed by atoms with Gasteiger partial charge >= 0.3 is 0 Å². The van der Waals surface area contributed by atoms with Crippen LogP contribution in [0, 0.1) is 11.8 Å². The number of methoxy groups -OCH3 is 1. The van der Waals surface area contributed by atoms with Gasteiger partial charge in [0.25, 0.3) is 5.91 Å². The van der Waals surface area contributed by atoms with Crippen LogP contribution in [-0.2, 0) is 17.4 Å². The number of aliphatic hydroxyl groups is 1. The molecule has 1 saturated carbocycles. The van der Waals surface area contributed by atoms with Crippen LogP contribution in [0.3, 0.4) is 0 Å². The maximum absolute atomic E-state index is 13.2. The highest BCUT2D eigenvalue weighted by atomic mass is 35.5. The third kappa shape index (κ3) is 10.8. The van der Waals surface area contributed by atoms with Gasteiger partial charge in [0.05, 0.1) is 19.4 Å². The highest BCUT2D eigenvalue weighted by molar-refractivity contribution is 7.84. The lowest BCUT2D eigenvalue weighted by Gasteiger charge is -2.44. The Morgan fingerprint density at radius 3 is 2.57 bits per heavy atom. The van der Waals surface area contributed by atoms with Crippen LogP contribution in [0.2, 0.25) is 5.02 Å². The molecule has 2 aliphatic rings. The first-order valence-electron chi connectivity index (χ1n) is 18.4. The third-order valence-electron chi connectivity index (χ3n) is 9.45. The topological polar surface area (TPSA) is 101 Å². The van der Waals surface area contributed by atoms with Crippen LogP contribution < -0.4 is 19.1 Å². The van der Waals surface area contributed by atoms with Crippen molar-refractivity contribution < 1.29 is 23.6 Å². The lowest BCUT2D eigenvalue weighted by atomic mass is 9.65. The van der Waals surface area contributed by atoms with Crippen molar-refractivity contribution in [1.29, 1.82) is 0 Å². The van der Waals surface area contributed by atoms with E-state index in [1.54, 1.807) is 19.4 Å². The number of halogens is 1. The number of ether oxygens (including phenoxy) is 2. The lowest BCUT2D eigenvalue weighted by molar-refractivity contribution is 0.0982. The zero-order chi connectivity index (χ0) is 37.5. The number of rotatable bonds is 13. The van der Waals surface area contributed by atoms with Crippen LogP contribution in [0.5, 0.6) is 11.6 Å². The molecular formula is C41H58ClN3O5S. The molecule has 5 unspecified atom stereocenters. The summed E-state index contributed by atoms with van der Waals surface area (Å²) in [5.74, 6) is 2.20. The Labute approximate surface area is 313 Å². The van der Waals surface area contributed by atoms with Crippen molar-refractivity contribution in [2.45, 2.75) is 90.7 Å². The molecule has 280 valence electrons. The van der Waals surface area contributed by atoms with E-state index in [4.69, 9.17) is 26.2 Å². The summed E-state index contributed by atoms with van der Waals surface area (Å²) in [7, 11) is 1.22. The van der Waals surface area contributed by atoms with E-state index >= 15 is 0 Å². The molecule has 2 aromatic carbocycles.